The Balaban J connectivity index is 0.835. The third kappa shape index (κ3) is 6.46. The van der Waals surface area contributed by atoms with Gasteiger partial charge in [0.05, 0.1) is 22.1 Å². The molecule has 0 aliphatic rings. The Bertz CT molecular complexity index is 4200. The molecule has 70 heavy (non-hydrogen) atoms. The molecule has 3 aromatic heterocycles. The second-order valence-electron chi connectivity index (χ2n) is 18.1. The van der Waals surface area contributed by atoms with Gasteiger partial charge in [0.25, 0.3) is 0 Å². The zero-order chi connectivity index (χ0) is 46.1. The SMILES string of the molecule is c1ccc(-n2c3ccccc3c3ccc(-c4ccc(N(c5ccc(-c6ccc(-c7cccc8c7oc7ccccc78)cc6)cc5)c5ccc(-n6c7ccccc7c7ccccc76)cc5)cc4)cc32)cc1. The molecule has 14 rings (SSSR count). The van der Waals surface area contributed by atoms with Crippen LogP contribution in [0.2, 0.25) is 0 Å². The number of rotatable bonds is 8. The molecule has 0 N–H and O–H groups in total. The van der Waals surface area contributed by atoms with Crippen molar-refractivity contribution in [1.82, 2.24) is 9.13 Å². The van der Waals surface area contributed by atoms with Crippen molar-refractivity contribution in [2.45, 2.75) is 0 Å². The maximum atomic E-state index is 6.39. The summed E-state index contributed by atoms with van der Waals surface area (Å²) in [6, 6.07) is 94.1. The van der Waals surface area contributed by atoms with Crippen molar-refractivity contribution in [3.8, 4) is 44.8 Å². The van der Waals surface area contributed by atoms with E-state index in [1.165, 1.54) is 49.2 Å². The lowest BCUT2D eigenvalue weighted by Gasteiger charge is -2.26. The van der Waals surface area contributed by atoms with E-state index >= 15 is 0 Å². The number of aromatic nitrogens is 2. The summed E-state index contributed by atoms with van der Waals surface area (Å²) in [5, 5.41) is 7.28. The van der Waals surface area contributed by atoms with Crippen molar-refractivity contribution < 1.29 is 4.42 Å². The highest BCUT2D eigenvalue weighted by Gasteiger charge is 2.18. The van der Waals surface area contributed by atoms with Gasteiger partial charge >= 0.3 is 0 Å². The van der Waals surface area contributed by atoms with Crippen LogP contribution < -0.4 is 4.90 Å². The lowest BCUT2D eigenvalue weighted by molar-refractivity contribution is 0.670. The number of fused-ring (bicyclic) bond motifs is 9. The molecule has 328 valence electrons. The minimum atomic E-state index is 0.909. The highest BCUT2D eigenvalue weighted by Crippen LogP contribution is 2.41. The zero-order valence-electron chi connectivity index (χ0n) is 38.1. The lowest BCUT2D eigenvalue weighted by atomic mass is 9.98. The Morgan fingerprint density at radius 2 is 0.686 bits per heavy atom. The number of hydrogen-bond acceptors (Lipinski definition) is 2. The van der Waals surface area contributed by atoms with Gasteiger partial charge in [-0.2, -0.15) is 0 Å². The fraction of sp³-hybridized carbons (Fsp3) is 0. The highest BCUT2D eigenvalue weighted by atomic mass is 16.3. The summed E-state index contributed by atoms with van der Waals surface area (Å²) in [7, 11) is 0. The standard InChI is InChI=1S/C66H43N3O/c1-2-13-49(14-3-1)69-63-23-10-6-17-57(63)58-42-33-48(43-64(58)69)46-31-36-51(37-32-46)67(52-38-40-53(41-39-52)68-61-21-8-4-15-55(61)56-16-5-9-22-62(56)68)50-34-29-45(30-35-50)44-25-27-47(28-26-44)54-19-12-20-60-59-18-7-11-24-65(59)70-66(54)60/h1-43H. The number of furan rings is 1. The van der Waals surface area contributed by atoms with E-state index in [0.717, 1.165) is 78.2 Å². The lowest BCUT2D eigenvalue weighted by Crippen LogP contribution is -2.10. The van der Waals surface area contributed by atoms with Gasteiger partial charge in [0.2, 0.25) is 0 Å². The van der Waals surface area contributed by atoms with Crippen LogP contribution in [0.15, 0.2) is 265 Å². The van der Waals surface area contributed by atoms with Crippen molar-refractivity contribution in [2.24, 2.45) is 0 Å². The molecule has 0 fully saturated rings. The van der Waals surface area contributed by atoms with Gasteiger partial charge in [0, 0.05) is 66.3 Å². The first kappa shape index (κ1) is 39.8. The molecule has 4 heteroatoms. The molecule has 14 aromatic rings. The molecule has 0 saturated heterocycles. The maximum absolute atomic E-state index is 6.39. The van der Waals surface area contributed by atoms with E-state index in [4.69, 9.17) is 4.42 Å². The maximum Gasteiger partial charge on any atom is 0.143 e. The first-order valence-corrected chi connectivity index (χ1v) is 23.9. The van der Waals surface area contributed by atoms with Gasteiger partial charge in [0.15, 0.2) is 0 Å². The molecule has 4 nitrogen and oxygen atoms in total. The molecule has 11 aromatic carbocycles. The third-order valence-electron chi connectivity index (χ3n) is 14.2. The predicted octanol–water partition coefficient (Wildman–Crippen LogP) is 18.3. The predicted molar refractivity (Wildman–Crippen MR) is 293 cm³/mol. The smallest absolute Gasteiger partial charge is 0.143 e. The van der Waals surface area contributed by atoms with E-state index < -0.39 is 0 Å². The minimum absolute atomic E-state index is 0.909. The van der Waals surface area contributed by atoms with Crippen molar-refractivity contribution in [3.63, 3.8) is 0 Å². The topological polar surface area (TPSA) is 26.2 Å². The number of benzene rings is 11. The first-order chi connectivity index (χ1) is 34.7. The number of anilines is 3. The summed E-state index contributed by atoms with van der Waals surface area (Å²) in [5.74, 6) is 0. The Morgan fingerprint density at radius 1 is 0.271 bits per heavy atom. The molecule has 0 spiro atoms. The summed E-state index contributed by atoms with van der Waals surface area (Å²) in [4.78, 5) is 2.36. The second-order valence-corrected chi connectivity index (χ2v) is 18.1. The molecule has 0 unspecified atom stereocenters. The third-order valence-corrected chi connectivity index (χ3v) is 14.2. The van der Waals surface area contributed by atoms with Gasteiger partial charge in [-0.3, -0.25) is 0 Å². The Labute approximate surface area is 404 Å². The van der Waals surface area contributed by atoms with Crippen LogP contribution in [0.5, 0.6) is 0 Å². The van der Waals surface area contributed by atoms with E-state index in [9.17, 15) is 0 Å². The largest absolute Gasteiger partial charge is 0.455 e. The van der Waals surface area contributed by atoms with E-state index in [2.05, 4.69) is 263 Å². The Kier molecular flexibility index (Phi) is 9.17. The van der Waals surface area contributed by atoms with Crippen LogP contribution in [0, 0.1) is 0 Å². The molecule has 0 aliphatic heterocycles. The zero-order valence-corrected chi connectivity index (χ0v) is 38.1. The van der Waals surface area contributed by atoms with Crippen molar-refractivity contribution in [3.05, 3.63) is 261 Å². The first-order valence-electron chi connectivity index (χ1n) is 23.9. The fourth-order valence-corrected chi connectivity index (χ4v) is 10.8. The summed E-state index contributed by atoms with van der Waals surface area (Å²) < 4.78 is 11.1. The minimum Gasteiger partial charge on any atom is -0.455 e. The van der Waals surface area contributed by atoms with E-state index in [0.29, 0.717) is 0 Å². The van der Waals surface area contributed by atoms with Crippen LogP contribution in [0.3, 0.4) is 0 Å². The van der Waals surface area contributed by atoms with Crippen LogP contribution in [-0.4, -0.2) is 9.13 Å². The van der Waals surface area contributed by atoms with Gasteiger partial charge in [-0.15, -0.1) is 0 Å². The molecule has 0 atom stereocenters. The van der Waals surface area contributed by atoms with Crippen LogP contribution in [0.1, 0.15) is 0 Å². The summed E-state index contributed by atoms with van der Waals surface area (Å²) >= 11 is 0. The van der Waals surface area contributed by atoms with Crippen LogP contribution in [-0.2, 0) is 0 Å². The van der Waals surface area contributed by atoms with Gasteiger partial charge in [-0.1, -0.05) is 170 Å². The molecule has 3 heterocycles. The number of nitrogens with zero attached hydrogens (tertiary/aromatic N) is 3. The molecule has 0 amide bonds. The quantitative estimate of drug-likeness (QED) is 0.152. The van der Waals surface area contributed by atoms with E-state index in [1.807, 2.05) is 12.1 Å². The van der Waals surface area contributed by atoms with Gasteiger partial charge in [-0.25, -0.2) is 0 Å². The van der Waals surface area contributed by atoms with E-state index in [-0.39, 0.29) is 0 Å². The van der Waals surface area contributed by atoms with Crippen molar-refractivity contribution >= 4 is 82.6 Å². The number of para-hydroxylation sites is 6. The molecular weight excluding hydrogens is 851 g/mol. The van der Waals surface area contributed by atoms with Crippen LogP contribution in [0.25, 0.3) is 110 Å². The summed E-state index contributed by atoms with van der Waals surface area (Å²) in [5.41, 5.74) is 19.0. The van der Waals surface area contributed by atoms with Crippen LogP contribution >= 0.6 is 0 Å². The molecule has 0 aliphatic carbocycles. The summed E-state index contributed by atoms with van der Waals surface area (Å²) in [6.45, 7) is 0. The number of hydrogen-bond donors (Lipinski definition) is 0. The second kappa shape index (κ2) is 16.2. The fourth-order valence-electron chi connectivity index (χ4n) is 10.8. The average Bonchev–Trinajstić information content (AvgIpc) is 4.10. The normalized spacial score (nSPS) is 11.7. The van der Waals surface area contributed by atoms with Crippen LogP contribution in [0.4, 0.5) is 17.1 Å². The van der Waals surface area contributed by atoms with Gasteiger partial charge < -0.3 is 18.5 Å². The molecule has 0 bridgehead atoms. The van der Waals surface area contributed by atoms with Gasteiger partial charge in [-0.05, 0) is 119 Å². The Morgan fingerprint density at radius 3 is 1.29 bits per heavy atom. The molecule has 0 radical (unpaired) electrons. The summed E-state index contributed by atoms with van der Waals surface area (Å²) in [6.07, 6.45) is 0. The monoisotopic (exact) mass is 893 g/mol. The van der Waals surface area contributed by atoms with Gasteiger partial charge in [0.1, 0.15) is 11.2 Å². The molecular formula is C66H43N3O. The Hall–Kier alpha value is -9.38. The van der Waals surface area contributed by atoms with Crippen molar-refractivity contribution in [1.29, 1.82) is 0 Å². The van der Waals surface area contributed by atoms with Crippen molar-refractivity contribution in [2.75, 3.05) is 4.90 Å². The van der Waals surface area contributed by atoms with E-state index in [1.54, 1.807) is 0 Å². The highest BCUT2D eigenvalue weighted by molar-refractivity contribution is 6.12. The molecule has 0 saturated carbocycles. The average molecular weight is 894 g/mol.